The number of carbonyl (C=O) groups is 1. The van der Waals surface area contributed by atoms with E-state index in [1.165, 1.54) is 0 Å². The molecule has 1 amide bonds. The molecule has 0 aliphatic carbocycles. The number of piperazine rings is 1. The molecule has 1 fully saturated rings. The van der Waals surface area contributed by atoms with Gasteiger partial charge in [0.1, 0.15) is 0 Å². The molecule has 2 aromatic rings. The fraction of sp³-hybridized carbons (Fsp3) is 0.235. The smallest absolute Gasteiger partial charge is 0.254 e. The average Bonchev–Trinajstić information content (AvgIpc) is 2.56. The number of carbonyl (C=O) groups excluding carboxylic acids is 1. The number of nitrogens with one attached hydrogen (secondary N) is 1. The van der Waals surface area contributed by atoms with Crippen LogP contribution in [-0.4, -0.2) is 37.0 Å². The third-order valence-corrected chi connectivity index (χ3v) is 3.65. The first-order chi connectivity index (χ1) is 9.86. The SMILES string of the molecule is O=C(c1ccccc1-c1ccccc1)N1CCNCC1. The summed E-state index contributed by atoms with van der Waals surface area (Å²) in [5, 5.41) is 3.27. The second-order valence-electron chi connectivity index (χ2n) is 4.95. The Balaban J connectivity index is 1.95. The van der Waals surface area contributed by atoms with Gasteiger partial charge in [0.2, 0.25) is 0 Å². The molecule has 0 bridgehead atoms. The molecule has 20 heavy (non-hydrogen) atoms. The molecule has 3 heteroatoms. The van der Waals surface area contributed by atoms with Crippen LogP contribution in [0.2, 0.25) is 0 Å². The van der Waals surface area contributed by atoms with Crippen LogP contribution in [0.25, 0.3) is 11.1 Å². The lowest BCUT2D eigenvalue weighted by molar-refractivity contribution is 0.0736. The van der Waals surface area contributed by atoms with E-state index in [-0.39, 0.29) is 5.91 Å². The molecule has 0 radical (unpaired) electrons. The van der Waals surface area contributed by atoms with Gasteiger partial charge in [-0.3, -0.25) is 4.79 Å². The van der Waals surface area contributed by atoms with Crippen LogP contribution in [0.5, 0.6) is 0 Å². The van der Waals surface area contributed by atoms with E-state index in [4.69, 9.17) is 0 Å². The summed E-state index contributed by atoms with van der Waals surface area (Å²) in [5.41, 5.74) is 2.89. The van der Waals surface area contributed by atoms with Gasteiger partial charge in [-0.1, -0.05) is 48.5 Å². The van der Waals surface area contributed by atoms with Gasteiger partial charge in [0.25, 0.3) is 5.91 Å². The highest BCUT2D eigenvalue weighted by molar-refractivity contribution is 6.00. The molecule has 1 heterocycles. The molecule has 1 N–H and O–H groups in total. The molecule has 0 unspecified atom stereocenters. The van der Waals surface area contributed by atoms with Gasteiger partial charge < -0.3 is 10.2 Å². The van der Waals surface area contributed by atoms with E-state index in [0.717, 1.165) is 42.9 Å². The molecule has 1 saturated heterocycles. The van der Waals surface area contributed by atoms with Gasteiger partial charge in [0.05, 0.1) is 0 Å². The maximum atomic E-state index is 12.7. The maximum Gasteiger partial charge on any atom is 0.254 e. The normalized spacial score (nSPS) is 15.1. The van der Waals surface area contributed by atoms with Crippen molar-refractivity contribution >= 4 is 5.91 Å². The molecule has 3 nitrogen and oxygen atoms in total. The molecule has 1 aliphatic rings. The minimum absolute atomic E-state index is 0.131. The third-order valence-electron chi connectivity index (χ3n) is 3.65. The summed E-state index contributed by atoms with van der Waals surface area (Å²) in [5.74, 6) is 0.131. The fourth-order valence-electron chi connectivity index (χ4n) is 2.58. The van der Waals surface area contributed by atoms with Crippen LogP contribution in [0.4, 0.5) is 0 Å². The summed E-state index contributed by atoms with van der Waals surface area (Å²) < 4.78 is 0. The molecule has 2 aromatic carbocycles. The quantitative estimate of drug-likeness (QED) is 0.905. The summed E-state index contributed by atoms with van der Waals surface area (Å²) in [6.07, 6.45) is 0. The van der Waals surface area contributed by atoms with Crippen molar-refractivity contribution in [3.63, 3.8) is 0 Å². The van der Waals surface area contributed by atoms with Crippen molar-refractivity contribution in [2.24, 2.45) is 0 Å². The van der Waals surface area contributed by atoms with Gasteiger partial charge in [0, 0.05) is 31.7 Å². The second-order valence-corrected chi connectivity index (χ2v) is 4.95. The zero-order valence-corrected chi connectivity index (χ0v) is 11.4. The van der Waals surface area contributed by atoms with Crippen LogP contribution in [0.3, 0.4) is 0 Å². The van der Waals surface area contributed by atoms with Crippen LogP contribution >= 0.6 is 0 Å². The molecule has 0 saturated carbocycles. The van der Waals surface area contributed by atoms with Gasteiger partial charge in [0.15, 0.2) is 0 Å². The van der Waals surface area contributed by atoms with Crippen LogP contribution < -0.4 is 5.32 Å². The highest BCUT2D eigenvalue weighted by atomic mass is 16.2. The Hall–Kier alpha value is -2.13. The first kappa shape index (κ1) is 12.9. The Bertz CT molecular complexity index is 589. The monoisotopic (exact) mass is 266 g/mol. The highest BCUT2D eigenvalue weighted by Gasteiger charge is 2.20. The number of nitrogens with zero attached hydrogens (tertiary/aromatic N) is 1. The van der Waals surface area contributed by atoms with Crippen LogP contribution in [0.15, 0.2) is 54.6 Å². The van der Waals surface area contributed by atoms with Crippen molar-refractivity contribution in [1.29, 1.82) is 0 Å². The Kier molecular flexibility index (Phi) is 3.79. The topological polar surface area (TPSA) is 32.3 Å². The number of amides is 1. The Morgan fingerprint density at radius 1 is 0.900 bits per heavy atom. The number of hydrogen-bond acceptors (Lipinski definition) is 2. The van der Waals surface area contributed by atoms with Crippen molar-refractivity contribution in [2.45, 2.75) is 0 Å². The summed E-state index contributed by atoms with van der Waals surface area (Å²) in [6, 6.07) is 17.9. The Morgan fingerprint density at radius 3 is 2.30 bits per heavy atom. The standard InChI is InChI=1S/C17H18N2O/c20-17(19-12-10-18-11-13-19)16-9-5-4-8-15(16)14-6-2-1-3-7-14/h1-9,18H,10-13H2. The van der Waals surface area contributed by atoms with Gasteiger partial charge >= 0.3 is 0 Å². The van der Waals surface area contributed by atoms with Gasteiger partial charge in [-0.15, -0.1) is 0 Å². The molecule has 0 aromatic heterocycles. The van der Waals surface area contributed by atoms with Gasteiger partial charge in [-0.05, 0) is 17.2 Å². The summed E-state index contributed by atoms with van der Waals surface area (Å²) >= 11 is 0. The zero-order chi connectivity index (χ0) is 13.8. The highest BCUT2D eigenvalue weighted by Crippen LogP contribution is 2.24. The van der Waals surface area contributed by atoms with Crippen LogP contribution in [-0.2, 0) is 0 Å². The molecule has 0 atom stereocenters. The Labute approximate surface area is 119 Å². The lowest BCUT2D eigenvalue weighted by atomic mass is 9.99. The predicted octanol–water partition coefficient (Wildman–Crippen LogP) is 2.40. The fourth-order valence-corrected chi connectivity index (χ4v) is 2.58. The van der Waals surface area contributed by atoms with Gasteiger partial charge in [-0.25, -0.2) is 0 Å². The van der Waals surface area contributed by atoms with Crippen molar-refractivity contribution in [3.05, 3.63) is 60.2 Å². The van der Waals surface area contributed by atoms with E-state index in [1.54, 1.807) is 0 Å². The maximum absolute atomic E-state index is 12.7. The van der Waals surface area contributed by atoms with Gasteiger partial charge in [-0.2, -0.15) is 0 Å². The molecular weight excluding hydrogens is 248 g/mol. The Morgan fingerprint density at radius 2 is 1.55 bits per heavy atom. The zero-order valence-electron chi connectivity index (χ0n) is 11.4. The molecule has 102 valence electrons. The minimum atomic E-state index is 0.131. The largest absolute Gasteiger partial charge is 0.336 e. The van der Waals surface area contributed by atoms with Crippen molar-refractivity contribution in [2.75, 3.05) is 26.2 Å². The summed E-state index contributed by atoms with van der Waals surface area (Å²) in [4.78, 5) is 14.6. The van der Waals surface area contributed by atoms with Crippen molar-refractivity contribution < 1.29 is 4.79 Å². The predicted molar refractivity (Wildman–Crippen MR) is 80.7 cm³/mol. The number of hydrogen-bond donors (Lipinski definition) is 1. The van der Waals surface area contributed by atoms with Crippen molar-refractivity contribution in [1.82, 2.24) is 10.2 Å². The lowest BCUT2D eigenvalue weighted by Gasteiger charge is -2.28. The number of rotatable bonds is 2. The first-order valence-corrected chi connectivity index (χ1v) is 7.01. The second kappa shape index (κ2) is 5.88. The molecular formula is C17H18N2O. The van der Waals surface area contributed by atoms with E-state index in [9.17, 15) is 4.79 Å². The van der Waals surface area contributed by atoms with E-state index >= 15 is 0 Å². The molecule has 1 aliphatic heterocycles. The lowest BCUT2D eigenvalue weighted by Crippen LogP contribution is -2.46. The van der Waals surface area contributed by atoms with E-state index in [2.05, 4.69) is 5.32 Å². The van der Waals surface area contributed by atoms with E-state index in [0.29, 0.717) is 0 Å². The summed E-state index contributed by atoms with van der Waals surface area (Å²) in [7, 11) is 0. The number of benzene rings is 2. The molecule has 3 rings (SSSR count). The van der Waals surface area contributed by atoms with E-state index < -0.39 is 0 Å². The molecule has 0 spiro atoms. The van der Waals surface area contributed by atoms with Crippen molar-refractivity contribution in [3.8, 4) is 11.1 Å². The van der Waals surface area contributed by atoms with Crippen LogP contribution in [0.1, 0.15) is 10.4 Å². The minimum Gasteiger partial charge on any atom is -0.336 e. The van der Waals surface area contributed by atoms with Crippen LogP contribution in [0, 0.1) is 0 Å². The van der Waals surface area contributed by atoms with E-state index in [1.807, 2.05) is 59.5 Å². The summed E-state index contributed by atoms with van der Waals surface area (Å²) in [6.45, 7) is 3.31. The third kappa shape index (κ3) is 2.58. The average molecular weight is 266 g/mol. The first-order valence-electron chi connectivity index (χ1n) is 7.01.